The van der Waals surface area contributed by atoms with Crippen LogP contribution in [0.15, 0.2) is 42.6 Å². The van der Waals surface area contributed by atoms with Crippen molar-refractivity contribution in [2.75, 3.05) is 25.5 Å². The van der Waals surface area contributed by atoms with Gasteiger partial charge in [0, 0.05) is 28.9 Å². The summed E-state index contributed by atoms with van der Waals surface area (Å²) in [5.41, 5.74) is 2.81. The van der Waals surface area contributed by atoms with Crippen molar-refractivity contribution < 1.29 is 9.59 Å². The minimum atomic E-state index is -0.347. The lowest BCUT2D eigenvalue weighted by molar-refractivity contribution is -0.127. The number of thiophene rings is 1. The Kier molecular flexibility index (Phi) is 5.76. The smallest absolute Gasteiger partial charge is 0.246 e. The molecule has 0 atom stereocenters. The predicted octanol–water partition coefficient (Wildman–Crippen LogP) is 4.14. The number of pyridine rings is 1. The van der Waals surface area contributed by atoms with Gasteiger partial charge in [0.05, 0.1) is 12.0 Å². The van der Waals surface area contributed by atoms with E-state index in [4.69, 9.17) is 0 Å². The quantitative estimate of drug-likeness (QED) is 0.574. The topological polar surface area (TPSA) is 74.3 Å². The maximum atomic E-state index is 12.8. The summed E-state index contributed by atoms with van der Waals surface area (Å²) in [7, 11) is 1.83. The summed E-state index contributed by atoms with van der Waals surface area (Å²) in [4.78, 5) is 32.9. The van der Waals surface area contributed by atoms with Crippen LogP contribution in [0.25, 0.3) is 16.2 Å². The van der Waals surface area contributed by atoms with Gasteiger partial charge in [-0.2, -0.15) is 0 Å². The summed E-state index contributed by atoms with van der Waals surface area (Å²) in [5.74, 6) is 0.679. The normalized spacial score (nSPS) is 17.3. The lowest BCUT2D eigenvalue weighted by Crippen LogP contribution is -2.48. The van der Waals surface area contributed by atoms with Crippen LogP contribution in [0.4, 0.5) is 5.82 Å². The van der Waals surface area contributed by atoms with Crippen molar-refractivity contribution in [1.82, 2.24) is 15.2 Å². The summed E-state index contributed by atoms with van der Waals surface area (Å²) < 4.78 is 1.25. The SMILES string of the molecule is Cc1c(CN(C)C(=O)/C=C/c2cnc3c(c2)CC2(CCNCC2)C(=O)N3)sc2ccccc12. The molecule has 1 spiro atoms. The highest BCUT2D eigenvalue weighted by Crippen LogP contribution is 2.39. The molecule has 2 aliphatic rings. The lowest BCUT2D eigenvalue weighted by atomic mass is 9.71. The van der Waals surface area contributed by atoms with Crippen LogP contribution >= 0.6 is 11.3 Å². The van der Waals surface area contributed by atoms with Crippen LogP contribution in [0.1, 0.15) is 34.4 Å². The van der Waals surface area contributed by atoms with Crippen LogP contribution in [0.3, 0.4) is 0 Å². The van der Waals surface area contributed by atoms with Gasteiger partial charge in [-0.3, -0.25) is 9.59 Å². The summed E-state index contributed by atoms with van der Waals surface area (Å²) in [6.07, 6.45) is 7.49. The number of piperidine rings is 1. The fourth-order valence-electron chi connectivity index (χ4n) is 4.83. The van der Waals surface area contributed by atoms with E-state index in [1.54, 1.807) is 28.5 Å². The first-order chi connectivity index (χ1) is 15.9. The van der Waals surface area contributed by atoms with E-state index in [1.165, 1.54) is 20.5 Å². The van der Waals surface area contributed by atoms with Crippen molar-refractivity contribution in [2.24, 2.45) is 5.41 Å². The van der Waals surface area contributed by atoms with Gasteiger partial charge in [-0.25, -0.2) is 4.98 Å². The molecule has 2 aromatic heterocycles. The highest BCUT2D eigenvalue weighted by Gasteiger charge is 2.43. The van der Waals surface area contributed by atoms with Crippen LogP contribution in [-0.4, -0.2) is 41.8 Å². The molecule has 6 nitrogen and oxygen atoms in total. The van der Waals surface area contributed by atoms with E-state index in [0.717, 1.165) is 37.1 Å². The molecule has 1 saturated heterocycles. The molecule has 2 aliphatic heterocycles. The Hall–Kier alpha value is -3.03. The van der Waals surface area contributed by atoms with Crippen molar-refractivity contribution in [3.05, 3.63) is 64.2 Å². The Bertz CT molecular complexity index is 1260. The van der Waals surface area contributed by atoms with Gasteiger partial charge in [0.15, 0.2) is 0 Å². The molecule has 3 aromatic rings. The largest absolute Gasteiger partial charge is 0.337 e. The number of carbonyl (C=O) groups excluding carboxylic acids is 2. The number of rotatable bonds is 4. The van der Waals surface area contributed by atoms with Gasteiger partial charge in [0.1, 0.15) is 5.82 Å². The molecule has 4 heterocycles. The molecule has 5 rings (SSSR count). The predicted molar refractivity (Wildman–Crippen MR) is 133 cm³/mol. The molecule has 170 valence electrons. The highest BCUT2D eigenvalue weighted by molar-refractivity contribution is 7.19. The Labute approximate surface area is 197 Å². The number of aromatic nitrogens is 1. The molecule has 0 unspecified atom stereocenters. The Morgan fingerprint density at radius 3 is 2.85 bits per heavy atom. The second-order valence-corrected chi connectivity index (χ2v) is 10.2. The van der Waals surface area contributed by atoms with Crippen molar-refractivity contribution in [3.8, 4) is 0 Å². The fourth-order valence-corrected chi connectivity index (χ4v) is 6.09. The second-order valence-electron chi connectivity index (χ2n) is 9.11. The van der Waals surface area contributed by atoms with E-state index >= 15 is 0 Å². The number of benzene rings is 1. The van der Waals surface area contributed by atoms with Crippen LogP contribution in [0.2, 0.25) is 0 Å². The molecule has 0 radical (unpaired) electrons. The summed E-state index contributed by atoms with van der Waals surface area (Å²) in [6, 6.07) is 10.4. The third-order valence-corrected chi connectivity index (χ3v) is 8.17. The van der Waals surface area contributed by atoms with Gasteiger partial charge in [-0.1, -0.05) is 18.2 Å². The van der Waals surface area contributed by atoms with Gasteiger partial charge < -0.3 is 15.5 Å². The number of carbonyl (C=O) groups is 2. The van der Waals surface area contributed by atoms with Gasteiger partial charge in [0.2, 0.25) is 11.8 Å². The number of anilines is 1. The molecule has 0 bridgehead atoms. The van der Waals surface area contributed by atoms with Gasteiger partial charge in [-0.05, 0) is 79.6 Å². The van der Waals surface area contributed by atoms with Crippen LogP contribution < -0.4 is 10.6 Å². The van der Waals surface area contributed by atoms with E-state index in [-0.39, 0.29) is 17.2 Å². The lowest BCUT2D eigenvalue weighted by Gasteiger charge is -2.39. The van der Waals surface area contributed by atoms with E-state index < -0.39 is 0 Å². The monoisotopic (exact) mass is 460 g/mol. The maximum Gasteiger partial charge on any atom is 0.246 e. The molecule has 1 aromatic carbocycles. The Morgan fingerprint density at radius 2 is 2.06 bits per heavy atom. The van der Waals surface area contributed by atoms with Crippen LogP contribution in [0, 0.1) is 12.3 Å². The van der Waals surface area contributed by atoms with Gasteiger partial charge >= 0.3 is 0 Å². The third kappa shape index (κ3) is 4.18. The number of likely N-dealkylation sites (N-methyl/N-ethyl adjacent to an activating group) is 1. The van der Waals surface area contributed by atoms with E-state index in [1.807, 2.05) is 25.3 Å². The van der Waals surface area contributed by atoms with Crippen molar-refractivity contribution in [2.45, 2.75) is 32.7 Å². The van der Waals surface area contributed by atoms with E-state index in [2.05, 4.69) is 40.7 Å². The number of nitrogens with one attached hydrogen (secondary N) is 2. The second kappa shape index (κ2) is 8.72. The first-order valence-corrected chi connectivity index (χ1v) is 12.2. The zero-order valence-corrected chi connectivity index (χ0v) is 19.8. The molecular weight excluding hydrogens is 432 g/mol. The van der Waals surface area contributed by atoms with E-state index in [9.17, 15) is 9.59 Å². The molecule has 0 aliphatic carbocycles. The minimum absolute atomic E-state index is 0.0484. The molecule has 33 heavy (non-hydrogen) atoms. The number of hydrogen-bond acceptors (Lipinski definition) is 5. The van der Waals surface area contributed by atoms with Crippen molar-refractivity contribution >= 4 is 45.1 Å². The van der Waals surface area contributed by atoms with Gasteiger partial charge in [-0.15, -0.1) is 11.3 Å². The summed E-state index contributed by atoms with van der Waals surface area (Å²) >= 11 is 1.74. The maximum absolute atomic E-state index is 12.8. The molecule has 2 amide bonds. The Balaban J connectivity index is 1.29. The zero-order chi connectivity index (χ0) is 23.0. The zero-order valence-electron chi connectivity index (χ0n) is 19.0. The molecule has 0 saturated carbocycles. The fraction of sp³-hybridized carbons (Fsp3) is 0.346. The van der Waals surface area contributed by atoms with Gasteiger partial charge in [0.25, 0.3) is 0 Å². The molecule has 7 heteroatoms. The molecule has 1 fully saturated rings. The number of hydrogen-bond donors (Lipinski definition) is 2. The van der Waals surface area contributed by atoms with Crippen LogP contribution in [0.5, 0.6) is 0 Å². The van der Waals surface area contributed by atoms with E-state index in [0.29, 0.717) is 18.8 Å². The minimum Gasteiger partial charge on any atom is -0.337 e. The highest BCUT2D eigenvalue weighted by atomic mass is 32.1. The van der Waals surface area contributed by atoms with Crippen molar-refractivity contribution in [3.63, 3.8) is 0 Å². The number of amides is 2. The number of nitrogens with zero attached hydrogens (tertiary/aromatic N) is 2. The first kappa shape index (κ1) is 21.8. The molecular formula is C26H28N4O2S. The number of fused-ring (bicyclic) bond motifs is 2. The average Bonchev–Trinajstić information content (AvgIpc) is 3.14. The van der Waals surface area contributed by atoms with Crippen molar-refractivity contribution in [1.29, 1.82) is 0 Å². The van der Waals surface area contributed by atoms with Crippen LogP contribution in [-0.2, 0) is 22.6 Å². The number of aryl methyl sites for hydroxylation is 1. The first-order valence-electron chi connectivity index (χ1n) is 11.4. The summed E-state index contributed by atoms with van der Waals surface area (Å²) in [6.45, 7) is 4.42. The summed E-state index contributed by atoms with van der Waals surface area (Å²) in [5, 5.41) is 7.59. The Morgan fingerprint density at radius 1 is 1.27 bits per heavy atom. The standard InChI is InChI=1S/C26H28N4O2S/c1-17-20-5-3-4-6-21(20)33-22(17)16-30(2)23(31)8-7-18-13-19-14-26(9-11-27-12-10-26)25(32)29-24(19)28-15-18/h3-8,13,15,27H,9-12,14,16H2,1-2H3,(H,28,29,32)/b8-7+. The molecule has 2 N–H and O–H groups in total. The third-order valence-electron chi connectivity index (χ3n) is 6.91. The average molecular weight is 461 g/mol.